The molecule has 29 heavy (non-hydrogen) atoms. The average Bonchev–Trinajstić information content (AvgIpc) is 2.95. The molecule has 2 N–H and O–H groups in total. The van der Waals surface area contributed by atoms with E-state index in [1.165, 1.54) is 0 Å². The van der Waals surface area contributed by atoms with E-state index in [0.29, 0.717) is 17.3 Å². The lowest BCUT2D eigenvalue weighted by Crippen LogP contribution is -2.24. The van der Waals surface area contributed by atoms with Crippen LogP contribution in [0.15, 0.2) is 36.5 Å². The maximum absolute atomic E-state index is 12.5. The van der Waals surface area contributed by atoms with Gasteiger partial charge in [0.25, 0.3) is 0 Å². The maximum Gasteiger partial charge on any atom is 0.355 e. The molecule has 0 spiro atoms. The molecule has 2 aromatic heterocycles. The van der Waals surface area contributed by atoms with Crippen LogP contribution >= 0.6 is 0 Å². The molecule has 0 aliphatic rings. The molecule has 0 amide bonds. The van der Waals surface area contributed by atoms with Crippen LogP contribution in [0, 0.1) is 13.8 Å². The minimum absolute atomic E-state index is 0.381. The van der Waals surface area contributed by atoms with Crippen LogP contribution < -0.4 is 10.1 Å². The molecule has 0 bridgehead atoms. The van der Waals surface area contributed by atoms with E-state index in [-0.39, 0.29) is 5.97 Å². The number of carbonyl (C=O) groups excluding carboxylic acids is 1. The Morgan fingerprint density at radius 2 is 1.93 bits per heavy atom. The summed E-state index contributed by atoms with van der Waals surface area (Å²) in [6.07, 6.45) is 1.68. The molecule has 0 saturated heterocycles. The first kappa shape index (κ1) is 20.4. The molecule has 0 radical (unpaired) electrons. The molecule has 0 aliphatic heterocycles. The van der Waals surface area contributed by atoms with Crippen molar-refractivity contribution in [3.05, 3.63) is 53.5 Å². The number of H-pyrrole nitrogens is 1. The van der Waals surface area contributed by atoms with Crippen LogP contribution in [-0.4, -0.2) is 33.6 Å². The molecule has 7 heteroatoms. The highest BCUT2D eigenvalue weighted by Crippen LogP contribution is 2.30. The van der Waals surface area contributed by atoms with Gasteiger partial charge in [-0.05, 0) is 58.4 Å². The summed E-state index contributed by atoms with van der Waals surface area (Å²) in [5.41, 5.74) is 3.91. The van der Waals surface area contributed by atoms with Gasteiger partial charge in [-0.25, -0.2) is 14.8 Å². The summed E-state index contributed by atoms with van der Waals surface area (Å²) in [7, 11) is 1.62. The number of methoxy groups -OCH3 is 1. The van der Waals surface area contributed by atoms with Crippen molar-refractivity contribution in [3.63, 3.8) is 0 Å². The smallest absolute Gasteiger partial charge is 0.355 e. The van der Waals surface area contributed by atoms with Crippen molar-refractivity contribution >= 4 is 17.6 Å². The summed E-state index contributed by atoms with van der Waals surface area (Å²) in [6, 6.07) is 9.35. The zero-order valence-electron chi connectivity index (χ0n) is 17.6. The Balaban J connectivity index is 1.91. The zero-order chi connectivity index (χ0) is 21.2. The van der Waals surface area contributed by atoms with E-state index in [1.54, 1.807) is 13.3 Å². The Kier molecular flexibility index (Phi) is 5.59. The van der Waals surface area contributed by atoms with E-state index in [0.717, 1.165) is 28.3 Å². The third-order valence-electron chi connectivity index (χ3n) is 4.28. The van der Waals surface area contributed by atoms with Crippen LogP contribution in [0.2, 0.25) is 0 Å². The van der Waals surface area contributed by atoms with Crippen LogP contribution in [-0.2, 0) is 4.74 Å². The summed E-state index contributed by atoms with van der Waals surface area (Å²) in [4.78, 5) is 24.6. The number of aromatic nitrogens is 3. The maximum atomic E-state index is 12.5. The number of rotatable bonds is 5. The Hall–Kier alpha value is -3.35. The van der Waals surface area contributed by atoms with Gasteiger partial charge < -0.3 is 19.8 Å². The predicted octanol–water partition coefficient (Wildman–Crippen LogP) is 4.80. The minimum Gasteiger partial charge on any atom is -0.497 e. The van der Waals surface area contributed by atoms with Crippen molar-refractivity contribution < 1.29 is 14.3 Å². The van der Waals surface area contributed by atoms with Crippen LogP contribution in [0.5, 0.6) is 5.75 Å². The van der Waals surface area contributed by atoms with Crippen LogP contribution in [0.25, 0.3) is 11.3 Å². The highest BCUT2D eigenvalue weighted by atomic mass is 16.6. The highest BCUT2D eigenvalue weighted by molar-refractivity contribution is 5.92. The Bertz CT molecular complexity index is 1030. The monoisotopic (exact) mass is 394 g/mol. The number of hydrogen-bond acceptors (Lipinski definition) is 6. The normalized spacial score (nSPS) is 11.2. The largest absolute Gasteiger partial charge is 0.497 e. The molecule has 3 rings (SSSR count). The second-order valence-corrected chi connectivity index (χ2v) is 7.75. The first-order valence-corrected chi connectivity index (χ1v) is 9.35. The molecule has 2 heterocycles. The lowest BCUT2D eigenvalue weighted by molar-refractivity contribution is 0.00626. The van der Waals surface area contributed by atoms with Gasteiger partial charge in [-0.3, -0.25) is 0 Å². The van der Waals surface area contributed by atoms with Crippen molar-refractivity contribution in [2.45, 2.75) is 40.2 Å². The Labute approximate surface area is 170 Å². The first-order chi connectivity index (χ1) is 13.7. The summed E-state index contributed by atoms with van der Waals surface area (Å²) in [6.45, 7) is 9.33. The first-order valence-electron chi connectivity index (χ1n) is 9.35. The van der Waals surface area contributed by atoms with Crippen molar-refractivity contribution in [3.8, 4) is 17.0 Å². The minimum atomic E-state index is -0.564. The van der Waals surface area contributed by atoms with Gasteiger partial charge in [-0.2, -0.15) is 0 Å². The second kappa shape index (κ2) is 7.95. The molecule has 1 aromatic carbocycles. The predicted molar refractivity (Wildman–Crippen MR) is 113 cm³/mol. The van der Waals surface area contributed by atoms with Gasteiger partial charge in [0.2, 0.25) is 5.95 Å². The number of anilines is 2. The Morgan fingerprint density at radius 1 is 1.17 bits per heavy atom. The van der Waals surface area contributed by atoms with Gasteiger partial charge in [-0.15, -0.1) is 0 Å². The zero-order valence-corrected chi connectivity index (χ0v) is 17.6. The third-order valence-corrected chi connectivity index (χ3v) is 4.28. The van der Waals surface area contributed by atoms with Gasteiger partial charge in [0.15, 0.2) is 0 Å². The molecular formula is C22H26N4O3. The number of benzene rings is 1. The van der Waals surface area contributed by atoms with Crippen molar-refractivity contribution in [1.29, 1.82) is 0 Å². The summed E-state index contributed by atoms with van der Waals surface area (Å²) in [5, 5.41) is 3.18. The molecule has 0 saturated carbocycles. The number of esters is 1. The fraction of sp³-hybridized carbons (Fsp3) is 0.318. The van der Waals surface area contributed by atoms with Crippen LogP contribution in [0.1, 0.15) is 42.5 Å². The van der Waals surface area contributed by atoms with Gasteiger partial charge in [0.05, 0.1) is 12.8 Å². The lowest BCUT2D eigenvalue weighted by atomic mass is 10.1. The molecular weight excluding hydrogens is 368 g/mol. The van der Waals surface area contributed by atoms with Gasteiger partial charge in [0, 0.05) is 29.2 Å². The van der Waals surface area contributed by atoms with Crippen molar-refractivity contribution in [2.24, 2.45) is 0 Å². The molecule has 0 atom stereocenters. The molecule has 0 aliphatic carbocycles. The summed E-state index contributed by atoms with van der Waals surface area (Å²) >= 11 is 0. The number of carbonyl (C=O) groups is 1. The number of ether oxygens (including phenoxy) is 2. The van der Waals surface area contributed by atoms with E-state index < -0.39 is 5.60 Å². The molecule has 0 unspecified atom stereocenters. The number of nitrogens with one attached hydrogen (secondary N) is 2. The van der Waals surface area contributed by atoms with Crippen molar-refractivity contribution in [2.75, 3.05) is 12.4 Å². The van der Waals surface area contributed by atoms with Crippen LogP contribution in [0.4, 0.5) is 11.6 Å². The second-order valence-electron chi connectivity index (χ2n) is 7.75. The molecule has 7 nitrogen and oxygen atoms in total. The summed E-state index contributed by atoms with van der Waals surface area (Å²) < 4.78 is 10.8. The van der Waals surface area contributed by atoms with E-state index in [4.69, 9.17) is 9.47 Å². The third kappa shape index (κ3) is 4.74. The van der Waals surface area contributed by atoms with E-state index in [2.05, 4.69) is 20.3 Å². The fourth-order valence-electron chi connectivity index (χ4n) is 3.06. The van der Waals surface area contributed by atoms with Gasteiger partial charge >= 0.3 is 5.97 Å². The molecule has 152 valence electrons. The van der Waals surface area contributed by atoms with Gasteiger partial charge in [0.1, 0.15) is 17.0 Å². The number of nitrogens with zero attached hydrogens (tertiary/aromatic N) is 2. The van der Waals surface area contributed by atoms with E-state index >= 15 is 0 Å². The van der Waals surface area contributed by atoms with Crippen molar-refractivity contribution in [1.82, 2.24) is 15.0 Å². The van der Waals surface area contributed by atoms with E-state index in [9.17, 15) is 4.79 Å². The number of aromatic amines is 1. The average molecular weight is 394 g/mol. The highest BCUT2D eigenvalue weighted by Gasteiger charge is 2.24. The number of hydrogen-bond donors (Lipinski definition) is 2. The standard InChI is InChI=1S/C22H26N4O3/c1-13-18(14(2)24-19(13)20(27)29-22(3,4)5)17-10-11-23-21(26-17)25-15-8-7-9-16(12-15)28-6/h7-12,24H,1-6H3,(H,23,25,26). The van der Waals surface area contributed by atoms with E-state index in [1.807, 2.05) is 65.0 Å². The SMILES string of the molecule is COc1cccc(Nc2nccc(-c3c(C)[nH]c(C(=O)OC(C)(C)C)c3C)n2)c1. The quantitative estimate of drug-likeness (QED) is 0.605. The molecule has 3 aromatic rings. The summed E-state index contributed by atoms with van der Waals surface area (Å²) in [5.74, 6) is 0.813. The fourth-order valence-corrected chi connectivity index (χ4v) is 3.06. The lowest BCUT2D eigenvalue weighted by Gasteiger charge is -2.19. The van der Waals surface area contributed by atoms with Crippen LogP contribution in [0.3, 0.4) is 0 Å². The van der Waals surface area contributed by atoms with Gasteiger partial charge in [-0.1, -0.05) is 6.07 Å². The molecule has 0 fully saturated rings. The Morgan fingerprint density at radius 3 is 2.62 bits per heavy atom. The number of aryl methyl sites for hydroxylation is 1. The topological polar surface area (TPSA) is 89.1 Å².